The first-order chi connectivity index (χ1) is 8.99. The Morgan fingerprint density at radius 1 is 1.26 bits per heavy atom. The van der Waals surface area contributed by atoms with Crippen molar-refractivity contribution in [3.8, 4) is 0 Å². The summed E-state index contributed by atoms with van der Waals surface area (Å²) in [6.45, 7) is 8.69. The van der Waals surface area contributed by atoms with Gasteiger partial charge in [-0.3, -0.25) is 0 Å². The summed E-state index contributed by atoms with van der Waals surface area (Å²) in [5, 5.41) is 1.04. The molecule has 0 aliphatic rings. The van der Waals surface area contributed by atoms with E-state index in [2.05, 4.69) is 37.7 Å². The molecule has 0 spiro atoms. The summed E-state index contributed by atoms with van der Waals surface area (Å²) in [7, 11) is 0. The van der Waals surface area contributed by atoms with Crippen LogP contribution < -0.4 is 5.73 Å². The Labute approximate surface area is 123 Å². The highest BCUT2D eigenvalue weighted by molar-refractivity contribution is 7.98. The lowest BCUT2D eigenvalue weighted by atomic mass is 10.2. The highest BCUT2D eigenvalue weighted by Crippen LogP contribution is 2.32. The fraction of sp³-hybridized carbons (Fsp3) is 0.571. The molecular weight excluding hydrogens is 274 g/mol. The molecule has 0 aliphatic carbocycles. The lowest BCUT2D eigenvalue weighted by molar-refractivity contribution is 0.632. The Balaban J connectivity index is 2.13. The molecule has 0 bridgehead atoms. The highest BCUT2D eigenvalue weighted by Gasteiger charge is 2.12. The number of aryl methyl sites for hydroxylation is 2. The molecule has 0 aliphatic heterocycles. The van der Waals surface area contributed by atoms with Crippen molar-refractivity contribution in [1.29, 1.82) is 0 Å². The van der Waals surface area contributed by atoms with Crippen LogP contribution in [0.5, 0.6) is 0 Å². The Hall–Kier alpha value is -0.810. The molecular formula is C14H21N3S2. The standard InChI is InChI=1S/C14H21N3S2/c1-8(2)5-6-18-7-11-16-13(15)12-9(3)10(4)19-14(12)17-11/h8H,5-7H2,1-4H3,(H2,15,16,17). The zero-order chi connectivity index (χ0) is 14.0. The van der Waals surface area contributed by atoms with Crippen molar-refractivity contribution >= 4 is 39.1 Å². The van der Waals surface area contributed by atoms with E-state index in [9.17, 15) is 0 Å². The molecule has 0 fully saturated rings. The van der Waals surface area contributed by atoms with Crippen LogP contribution in [-0.2, 0) is 5.75 Å². The van der Waals surface area contributed by atoms with Gasteiger partial charge in [-0.1, -0.05) is 13.8 Å². The van der Waals surface area contributed by atoms with Gasteiger partial charge in [0.25, 0.3) is 0 Å². The molecule has 2 aromatic heterocycles. The number of anilines is 1. The molecule has 0 radical (unpaired) electrons. The molecule has 0 aromatic carbocycles. The summed E-state index contributed by atoms with van der Waals surface area (Å²) in [6.07, 6.45) is 1.24. The maximum Gasteiger partial charge on any atom is 0.142 e. The molecule has 0 saturated heterocycles. The zero-order valence-corrected chi connectivity index (χ0v) is 13.6. The Kier molecular flexibility index (Phi) is 4.68. The average Bonchev–Trinajstić information content (AvgIpc) is 2.61. The van der Waals surface area contributed by atoms with Crippen molar-refractivity contribution in [3.05, 3.63) is 16.3 Å². The van der Waals surface area contributed by atoms with Crippen LogP contribution in [0.3, 0.4) is 0 Å². The van der Waals surface area contributed by atoms with Crippen LogP contribution in [0.15, 0.2) is 0 Å². The average molecular weight is 295 g/mol. The SMILES string of the molecule is Cc1sc2nc(CSCCC(C)C)nc(N)c2c1C. The third-order valence-corrected chi connectivity index (χ3v) is 5.26. The second-order valence-electron chi connectivity index (χ2n) is 5.22. The van der Waals surface area contributed by atoms with E-state index in [1.54, 1.807) is 11.3 Å². The molecule has 2 heterocycles. The lowest BCUT2D eigenvalue weighted by Gasteiger charge is -2.05. The maximum atomic E-state index is 6.07. The number of nitrogen functional groups attached to an aromatic ring is 1. The van der Waals surface area contributed by atoms with Crippen LogP contribution >= 0.6 is 23.1 Å². The highest BCUT2D eigenvalue weighted by atomic mass is 32.2. The number of nitrogens with zero attached hydrogens (tertiary/aromatic N) is 2. The largest absolute Gasteiger partial charge is 0.383 e. The Morgan fingerprint density at radius 3 is 2.68 bits per heavy atom. The normalized spacial score (nSPS) is 11.6. The molecule has 3 nitrogen and oxygen atoms in total. The van der Waals surface area contributed by atoms with Crippen molar-refractivity contribution in [3.63, 3.8) is 0 Å². The first kappa shape index (κ1) is 14.6. The number of nitrogens with two attached hydrogens (primary N) is 1. The maximum absolute atomic E-state index is 6.07. The van der Waals surface area contributed by atoms with E-state index in [-0.39, 0.29) is 0 Å². The van der Waals surface area contributed by atoms with E-state index in [1.807, 2.05) is 11.8 Å². The van der Waals surface area contributed by atoms with Gasteiger partial charge in [-0.15, -0.1) is 11.3 Å². The van der Waals surface area contributed by atoms with Crippen molar-refractivity contribution < 1.29 is 0 Å². The van der Waals surface area contributed by atoms with Crippen LogP contribution in [0.25, 0.3) is 10.2 Å². The topological polar surface area (TPSA) is 51.8 Å². The van der Waals surface area contributed by atoms with E-state index >= 15 is 0 Å². The number of hydrogen-bond acceptors (Lipinski definition) is 5. The summed E-state index contributed by atoms with van der Waals surface area (Å²) >= 11 is 3.60. The van der Waals surface area contributed by atoms with Gasteiger partial charge in [-0.05, 0) is 37.5 Å². The quantitative estimate of drug-likeness (QED) is 0.841. The van der Waals surface area contributed by atoms with E-state index in [0.29, 0.717) is 5.82 Å². The molecule has 2 rings (SSSR count). The van der Waals surface area contributed by atoms with Crippen LogP contribution in [-0.4, -0.2) is 15.7 Å². The lowest BCUT2D eigenvalue weighted by Crippen LogP contribution is -2.00. The number of hydrogen-bond donors (Lipinski definition) is 1. The molecule has 19 heavy (non-hydrogen) atoms. The van der Waals surface area contributed by atoms with Crippen LogP contribution in [0, 0.1) is 19.8 Å². The predicted octanol–water partition coefficient (Wildman–Crippen LogP) is 4.17. The van der Waals surface area contributed by atoms with Gasteiger partial charge in [0.05, 0.1) is 11.1 Å². The molecule has 5 heteroatoms. The minimum atomic E-state index is 0.631. The van der Waals surface area contributed by atoms with Gasteiger partial charge < -0.3 is 5.73 Å². The van der Waals surface area contributed by atoms with Crippen LogP contribution in [0.4, 0.5) is 5.82 Å². The van der Waals surface area contributed by atoms with Crippen LogP contribution in [0.2, 0.25) is 0 Å². The summed E-state index contributed by atoms with van der Waals surface area (Å²) < 4.78 is 0. The van der Waals surface area contributed by atoms with Gasteiger partial charge in [-0.25, -0.2) is 9.97 Å². The van der Waals surface area contributed by atoms with Gasteiger partial charge in [0.2, 0.25) is 0 Å². The first-order valence-electron chi connectivity index (χ1n) is 6.59. The van der Waals surface area contributed by atoms with Gasteiger partial charge in [0, 0.05) is 4.88 Å². The molecule has 0 atom stereocenters. The van der Waals surface area contributed by atoms with Crippen molar-refractivity contribution in [2.24, 2.45) is 5.92 Å². The minimum Gasteiger partial charge on any atom is -0.383 e. The van der Waals surface area contributed by atoms with E-state index in [1.165, 1.54) is 16.9 Å². The molecule has 0 unspecified atom stereocenters. The Bertz CT molecular complexity index is 576. The molecule has 0 amide bonds. The monoisotopic (exact) mass is 295 g/mol. The minimum absolute atomic E-state index is 0.631. The van der Waals surface area contributed by atoms with Crippen molar-refractivity contribution in [1.82, 2.24) is 9.97 Å². The second kappa shape index (κ2) is 6.09. The van der Waals surface area contributed by atoms with E-state index < -0.39 is 0 Å². The summed E-state index contributed by atoms with van der Waals surface area (Å²) in [5.74, 6) is 4.25. The van der Waals surface area contributed by atoms with Gasteiger partial charge in [-0.2, -0.15) is 11.8 Å². The number of rotatable bonds is 5. The number of thioether (sulfide) groups is 1. The number of aromatic nitrogens is 2. The molecule has 2 aromatic rings. The molecule has 0 saturated carbocycles. The van der Waals surface area contributed by atoms with Crippen molar-refractivity contribution in [2.75, 3.05) is 11.5 Å². The van der Waals surface area contributed by atoms with Gasteiger partial charge >= 0.3 is 0 Å². The third-order valence-electron chi connectivity index (χ3n) is 3.17. The van der Waals surface area contributed by atoms with Gasteiger partial charge in [0.1, 0.15) is 16.5 Å². The smallest absolute Gasteiger partial charge is 0.142 e. The molecule has 2 N–H and O–H groups in total. The summed E-state index contributed by atoms with van der Waals surface area (Å²) in [5.41, 5.74) is 7.29. The second-order valence-corrected chi connectivity index (χ2v) is 7.53. The summed E-state index contributed by atoms with van der Waals surface area (Å²) in [4.78, 5) is 11.4. The van der Waals surface area contributed by atoms with E-state index in [0.717, 1.165) is 33.5 Å². The van der Waals surface area contributed by atoms with Gasteiger partial charge in [0.15, 0.2) is 0 Å². The summed E-state index contributed by atoms with van der Waals surface area (Å²) in [6, 6.07) is 0. The van der Waals surface area contributed by atoms with Crippen molar-refractivity contribution in [2.45, 2.75) is 39.9 Å². The predicted molar refractivity (Wildman–Crippen MR) is 86.9 cm³/mol. The third kappa shape index (κ3) is 3.39. The first-order valence-corrected chi connectivity index (χ1v) is 8.56. The number of thiophene rings is 1. The Morgan fingerprint density at radius 2 is 2.00 bits per heavy atom. The fourth-order valence-corrected chi connectivity index (χ4v) is 4.02. The fourth-order valence-electron chi connectivity index (χ4n) is 1.87. The zero-order valence-electron chi connectivity index (χ0n) is 12.0. The van der Waals surface area contributed by atoms with E-state index in [4.69, 9.17) is 5.73 Å². The molecule has 104 valence electrons. The van der Waals surface area contributed by atoms with Crippen LogP contribution in [0.1, 0.15) is 36.5 Å². The number of fused-ring (bicyclic) bond motifs is 1.